The monoisotopic (exact) mass is 278 g/mol. The van der Waals surface area contributed by atoms with Crippen LogP contribution in [-0.4, -0.2) is 29.6 Å². The molecule has 1 atom stereocenters. The van der Waals surface area contributed by atoms with E-state index in [-0.39, 0.29) is 12.5 Å². The Labute approximate surface area is 119 Å². The number of rotatable bonds is 7. The molecule has 3 N–H and O–H groups in total. The van der Waals surface area contributed by atoms with Crippen LogP contribution in [0, 0.1) is 13.8 Å². The highest BCUT2D eigenvalue weighted by molar-refractivity contribution is 5.93. The Hall–Kier alpha value is -1.88. The van der Waals surface area contributed by atoms with Gasteiger partial charge in [0.1, 0.15) is 6.04 Å². The second-order valence-corrected chi connectivity index (χ2v) is 4.93. The summed E-state index contributed by atoms with van der Waals surface area (Å²) in [6.45, 7) is 5.77. The van der Waals surface area contributed by atoms with Crippen molar-refractivity contribution in [1.29, 1.82) is 0 Å². The van der Waals surface area contributed by atoms with Gasteiger partial charge in [-0.05, 0) is 37.5 Å². The number of anilines is 1. The number of carbonyl (C=O) groups is 2. The number of aliphatic carboxylic acids is 1. The zero-order chi connectivity index (χ0) is 15.1. The number of carboxylic acid groups (broad SMARTS) is 1. The van der Waals surface area contributed by atoms with E-state index in [0.717, 1.165) is 23.2 Å². The van der Waals surface area contributed by atoms with Gasteiger partial charge in [0.25, 0.3) is 0 Å². The highest BCUT2D eigenvalue weighted by atomic mass is 16.4. The van der Waals surface area contributed by atoms with Crippen molar-refractivity contribution in [2.24, 2.45) is 0 Å². The number of carbonyl (C=O) groups excluding carboxylic acids is 1. The molecule has 5 heteroatoms. The largest absolute Gasteiger partial charge is 0.480 e. The number of aryl methyl sites for hydroxylation is 2. The molecule has 1 aromatic carbocycles. The number of amides is 1. The predicted octanol–water partition coefficient (Wildman–Crippen LogP) is 2.08. The van der Waals surface area contributed by atoms with Gasteiger partial charge in [-0.3, -0.25) is 14.9 Å². The fourth-order valence-electron chi connectivity index (χ4n) is 1.88. The molecule has 0 heterocycles. The van der Waals surface area contributed by atoms with Crippen LogP contribution in [0.2, 0.25) is 0 Å². The van der Waals surface area contributed by atoms with Crippen LogP contribution in [-0.2, 0) is 9.59 Å². The topological polar surface area (TPSA) is 78.4 Å². The first-order chi connectivity index (χ1) is 9.43. The van der Waals surface area contributed by atoms with Gasteiger partial charge >= 0.3 is 5.97 Å². The molecule has 0 aromatic heterocycles. The molecule has 1 amide bonds. The van der Waals surface area contributed by atoms with Crippen molar-refractivity contribution in [3.05, 3.63) is 29.3 Å². The van der Waals surface area contributed by atoms with Crippen molar-refractivity contribution in [2.75, 3.05) is 11.9 Å². The van der Waals surface area contributed by atoms with Crippen LogP contribution < -0.4 is 10.6 Å². The smallest absolute Gasteiger partial charge is 0.320 e. The molecule has 5 nitrogen and oxygen atoms in total. The molecule has 0 aliphatic heterocycles. The summed E-state index contributed by atoms with van der Waals surface area (Å²) in [6, 6.07) is 5.14. The molecular weight excluding hydrogens is 256 g/mol. The van der Waals surface area contributed by atoms with E-state index in [2.05, 4.69) is 10.6 Å². The molecule has 0 spiro atoms. The van der Waals surface area contributed by atoms with Gasteiger partial charge in [0, 0.05) is 5.69 Å². The molecule has 20 heavy (non-hydrogen) atoms. The van der Waals surface area contributed by atoms with Gasteiger partial charge in [0.05, 0.1) is 6.54 Å². The third-order valence-electron chi connectivity index (χ3n) is 3.05. The first kappa shape index (κ1) is 16.2. The van der Waals surface area contributed by atoms with Crippen molar-refractivity contribution in [3.63, 3.8) is 0 Å². The highest BCUT2D eigenvalue weighted by Crippen LogP contribution is 2.15. The summed E-state index contributed by atoms with van der Waals surface area (Å²) in [5.41, 5.74) is 2.81. The molecule has 0 bridgehead atoms. The van der Waals surface area contributed by atoms with Crippen LogP contribution in [0.4, 0.5) is 5.69 Å². The fourth-order valence-corrected chi connectivity index (χ4v) is 1.88. The number of hydrogen-bond acceptors (Lipinski definition) is 3. The average molecular weight is 278 g/mol. The summed E-state index contributed by atoms with van der Waals surface area (Å²) in [5.74, 6) is -1.16. The van der Waals surface area contributed by atoms with Gasteiger partial charge in [-0.1, -0.05) is 25.5 Å². The Morgan fingerprint density at radius 1 is 1.30 bits per heavy atom. The molecule has 1 rings (SSSR count). The Morgan fingerprint density at radius 3 is 2.60 bits per heavy atom. The Kier molecular flexibility index (Phi) is 6.18. The van der Waals surface area contributed by atoms with Crippen LogP contribution in [0.25, 0.3) is 0 Å². The van der Waals surface area contributed by atoms with E-state index in [9.17, 15) is 9.59 Å². The number of benzene rings is 1. The lowest BCUT2D eigenvalue weighted by molar-refractivity contribution is -0.139. The van der Waals surface area contributed by atoms with E-state index in [1.54, 1.807) is 0 Å². The summed E-state index contributed by atoms with van der Waals surface area (Å²) in [4.78, 5) is 22.8. The molecule has 0 radical (unpaired) electrons. The van der Waals surface area contributed by atoms with E-state index >= 15 is 0 Å². The first-order valence-electron chi connectivity index (χ1n) is 6.77. The number of nitrogens with one attached hydrogen (secondary N) is 2. The van der Waals surface area contributed by atoms with Crippen LogP contribution in [0.5, 0.6) is 0 Å². The second-order valence-electron chi connectivity index (χ2n) is 4.93. The predicted molar refractivity (Wildman–Crippen MR) is 78.9 cm³/mol. The molecule has 1 aromatic rings. The van der Waals surface area contributed by atoms with Gasteiger partial charge in [-0.15, -0.1) is 0 Å². The number of carboxylic acids is 1. The minimum Gasteiger partial charge on any atom is -0.480 e. The SMILES string of the molecule is CCCC(NCC(=O)Nc1cc(C)ccc1C)C(=O)O. The molecule has 0 aliphatic carbocycles. The normalized spacial score (nSPS) is 11.9. The summed E-state index contributed by atoms with van der Waals surface area (Å²) in [7, 11) is 0. The van der Waals surface area contributed by atoms with Crippen LogP contribution in [0.1, 0.15) is 30.9 Å². The molecule has 0 fully saturated rings. The van der Waals surface area contributed by atoms with Crippen LogP contribution >= 0.6 is 0 Å². The first-order valence-corrected chi connectivity index (χ1v) is 6.77. The zero-order valence-electron chi connectivity index (χ0n) is 12.2. The lowest BCUT2D eigenvalue weighted by Gasteiger charge is -2.14. The standard InChI is InChI=1S/C15H22N2O3/c1-4-5-12(15(19)20)16-9-14(18)17-13-8-10(2)6-7-11(13)3/h6-8,12,16H,4-5,9H2,1-3H3,(H,17,18)(H,19,20). The van der Waals surface area contributed by atoms with Crippen molar-refractivity contribution in [1.82, 2.24) is 5.32 Å². The molecule has 0 aliphatic rings. The minimum absolute atomic E-state index is 0.00957. The van der Waals surface area contributed by atoms with Crippen molar-refractivity contribution in [2.45, 2.75) is 39.7 Å². The zero-order valence-corrected chi connectivity index (χ0v) is 12.2. The van der Waals surface area contributed by atoms with Crippen molar-refractivity contribution < 1.29 is 14.7 Å². The van der Waals surface area contributed by atoms with Gasteiger partial charge < -0.3 is 10.4 Å². The van der Waals surface area contributed by atoms with E-state index in [0.29, 0.717) is 6.42 Å². The molecule has 110 valence electrons. The van der Waals surface area contributed by atoms with Gasteiger partial charge in [-0.2, -0.15) is 0 Å². The third kappa shape index (κ3) is 5.01. The highest BCUT2D eigenvalue weighted by Gasteiger charge is 2.16. The van der Waals surface area contributed by atoms with Gasteiger partial charge in [0.2, 0.25) is 5.91 Å². The maximum Gasteiger partial charge on any atom is 0.320 e. The quantitative estimate of drug-likeness (QED) is 0.713. The van der Waals surface area contributed by atoms with Crippen LogP contribution in [0.15, 0.2) is 18.2 Å². The average Bonchev–Trinajstić information content (AvgIpc) is 2.38. The third-order valence-corrected chi connectivity index (χ3v) is 3.05. The lowest BCUT2D eigenvalue weighted by atomic mass is 10.1. The summed E-state index contributed by atoms with van der Waals surface area (Å²) >= 11 is 0. The molecular formula is C15H22N2O3. The summed E-state index contributed by atoms with van der Waals surface area (Å²) < 4.78 is 0. The van der Waals surface area contributed by atoms with Crippen molar-refractivity contribution in [3.8, 4) is 0 Å². The van der Waals surface area contributed by atoms with E-state index in [1.165, 1.54) is 0 Å². The minimum atomic E-state index is -0.925. The van der Waals surface area contributed by atoms with E-state index in [1.807, 2.05) is 39.0 Å². The molecule has 0 saturated heterocycles. The summed E-state index contributed by atoms with van der Waals surface area (Å²) in [5, 5.41) is 14.5. The van der Waals surface area contributed by atoms with E-state index < -0.39 is 12.0 Å². The van der Waals surface area contributed by atoms with Crippen molar-refractivity contribution >= 4 is 17.6 Å². The van der Waals surface area contributed by atoms with Crippen LogP contribution in [0.3, 0.4) is 0 Å². The maximum atomic E-state index is 11.8. The number of hydrogen-bond donors (Lipinski definition) is 3. The Bertz CT molecular complexity index is 486. The Morgan fingerprint density at radius 2 is 2.00 bits per heavy atom. The molecule has 1 unspecified atom stereocenters. The van der Waals surface area contributed by atoms with Gasteiger partial charge in [0.15, 0.2) is 0 Å². The Balaban J connectivity index is 2.55. The van der Waals surface area contributed by atoms with E-state index in [4.69, 9.17) is 5.11 Å². The fraction of sp³-hybridized carbons (Fsp3) is 0.467. The van der Waals surface area contributed by atoms with Gasteiger partial charge in [-0.25, -0.2) is 0 Å². The summed E-state index contributed by atoms with van der Waals surface area (Å²) in [6.07, 6.45) is 1.26. The lowest BCUT2D eigenvalue weighted by Crippen LogP contribution is -2.41. The molecule has 0 saturated carbocycles. The second kappa shape index (κ2) is 7.65. The maximum absolute atomic E-state index is 11.8.